The van der Waals surface area contributed by atoms with E-state index in [9.17, 15) is 8.42 Å². The lowest BCUT2D eigenvalue weighted by molar-refractivity contribution is 0.350. The lowest BCUT2D eigenvalue weighted by Crippen LogP contribution is -2.10. The van der Waals surface area contributed by atoms with Crippen molar-refractivity contribution in [1.82, 2.24) is 10.1 Å². The van der Waals surface area contributed by atoms with Crippen molar-refractivity contribution >= 4 is 9.84 Å². The number of aromatic nitrogens is 2. The fourth-order valence-electron chi connectivity index (χ4n) is 2.68. The Kier molecular flexibility index (Phi) is 4.05. The lowest BCUT2D eigenvalue weighted by atomic mass is 10.1. The van der Waals surface area contributed by atoms with Crippen molar-refractivity contribution in [2.24, 2.45) is 0 Å². The molecule has 6 heteroatoms. The van der Waals surface area contributed by atoms with E-state index in [0.717, 1.165) is 12.8 Å². The third-order valence-corrected chi connectivity index (χ3v) is 5.62. The van der Waals surface area contributed by atoms with Gasteiger partial charge in [-0.1, -0.05) is 36.2 Å². The summed E-state index contributed by atoms with van der Waals surface area (Å²) in [6.07, 6.45) is 4.86. The van der Waals surface area contributed by atoms with Crippen LogP contribution < -0.4 is 0 Å². The van der Waals surface area contributed by atoms with Crippen LogP contribution in [-0.2, 0) is 16.3 Å². The highest BCUT2D eigenvalue weighted by Gasteiger charge is 2.23. The monoisotopic (exact) mass is 306 g/mol. The summed E-state index contributed by atoms with van der Waals surface area (Å²) in [6, 6.07) is 8.45. The molecule has 1 saturated carbocycles. The molecule has 2 aromatic rings. The van der Waals surface area contributed by atoms with Crippen LogP contribution in [0.15, 0.2) is 39.8 Å². The van der Waals surface area contributed by atoms with Crippen LogP contribution in [0.5, 0.6) is 0 Å². The van der Waals surface area contributed by atoms with Crippen molar-refractivity contribution in [2.75, 3.05) is 5.75 Å². The Labute approximate surface area is 124 Å². The molecule has 0 atom stereocenters. The Morgan fingerprint density at radius 1 is 1.14 bits per heavy atom. The molecule has 1 aromatic heterocycles. The molecule has 1 heterocycles. The Bertz CT molecular complexity index is 689. The normalized spacial score (nSPS) is 16.4. The Morgan fingerprint density at radius 3 is 2.57 bits per heavy atom. The number of hydrogen-bond acceptors (Lipinski definition) is 5. The summed E-state index contributed by atoms with van der Waals surface area (Å²) < 4.78 is 29.6. The molecule has 1 aliphatic carbocycles. The van der Waals surface area contributed by atoms with E-state index in [-0.39, 0.29) is 12.2 Å². The summed E-state index contributed by atoms with van der Waals surface area (Å²) in [5, 5.41) is 3.91. The topological polar surface area (TPSA) is 73.1 Å². The molecule has 0 saturated heterocycles. The van der Waals surface area contributed by atoms with Crippen LogP contribution >= 0.6 is 0 Å². The highest BCUT2D eigenvalue weighted by Crippen LogP contribution is 2.32. The fourth-order valence-corrected chi connectivity index (χ4v) is 3.94. The van der Waals surface area contributed by atoms with Crippen molar-refractivity contribution in [3.63, 3.8) is 0 Å². The average molecular weight is 306 g/mol. The van der Waals surface area contributed by atoms with Crippen LogP contribution in [0.4, 0.5) is 0 Å². The van der Waals surface area contributed by atoms with Crippen molar-refractivity contribution in [3.8, 4) is 0 Å². The smallest absolute Gasteiger partial charge is 0.229 e. The maximum absolute atomic E-state index is 12.2. The van der Waals surface area contributed by atoms with Crippen molar-refractivity contribution in [2.45, 2.75) is 42.9 Å². The Balaban J connectivity index is 1.65. The van der Waals surface area contributed by atoms with E-state index in [0.29, 0.717) is 22.5 Å². The molecule has 1 fully saturated rings. The first-order chi connectivity index (χ1) is 10.1. The number of sulfone groups is 1. The number of nitrogens with zero attached hydrogens (tertiary/aromatic N) is 2. The molecule has 0 amide bonds. The van der Waals surface area contributed by atoms with Crippen molar-refractivity contribution in [3.05, 3.63) is 42.0 Å². The third kappa shape index (κ3) is 3.32. The first-order valence-electron chi connectivity index (χ1n) is 7.25. The molecule has 1 aromatic carbocycles. The zero-order valence-electron chi connectivity index (χ0n) is 11.7. The number of aryl methyl sites for hydroxylation is 1. The minimum atomic E-state index is -3.29. The average Bonchev–Trinajstić information content (AvgIpc) is 3.17. The van der Waals surface area contributed by atoms with Crippen LogP contribution in [-0.4, -0.2) is 24.3 Å². The largest absolute Gasteiger partial charge is 0.339 e. The molecule has 0 unspecified atom stereocenters. The minimum Gasteiger partial charge on any atom is -0.339 e. The quantitative estimate of drug-likeness (QED) is 0.849. The maximum atomic E-state index is 12.2. The van der Waals surface area contributed by atoms with Crippen LogP contribution in [0.25, 0.3) is 0 Å². The minimum absolute atomic E-state index is 0.000648. The SMILES string of the molecule is O=S(=O)(CCc1noc(C2CCCC2)n1)c1ccccc1. The summed E-state index contributed by atoms with van der Waals surface area (Å²) in [5.74, 6) is 1.51. The van der Waals surface area contributed by atoms with Gasteiger partial charge in [-0.25, -0.2) is 8.42 Å². The number of benzene rings is 1. The van der Waals surface area contributed by atoms with Gasteiger partial charge in [0.15, 0.2) is 15.7 Å². The zero-order chi connectivity index (χ0) is 14.7. The summed E-state index contributed by atoms with van der Waals surface area (Å²) >= 11 is 0. The van der Waals surface area contributed by atoms with Gasteiger partial charge in [0.2, 0.25) is 5.89 Å². The van der Waals surface area contributed by atoms with Gasteiger partial charge in [0, 0.05) is 12.3 Å². The molecule has 0 bridgehead atoms. The molecular weight excluding hydrogens is 288 g/mol. The van der Waals surface area contributed by atoms with E-state index < -0.39 is 9.84 Å². The van der Waals surface area contributed by atoms with Gasteiger partial charge in [0.05, 0.1) is 10.6 Å². The first kappa shape index (κ1) is 14.3. The van der Waals surface area contributed by atoms with E-state index in [1.54, 1.807) is 30.3 Å². The molecular formula is C15H18N2O3S. The predicted molar refractivity (Wildman–Crippen MR) is 77.7 cm³/mol. The van der Waals surface area contributed by atoms with Gasteiger partial charge in [0.25, 0.3) is 0 Å². The van der Waals surface area contributed by atoms with Gasteiger partial charge in [0.1, 0.15) is 0 Å². The Hall–Kier alpha value is -1.69. The standard InChI is InChI=1S/C15H18N2O3S/c18-21(19,13-8-2-1-3-9-13)11-10-14-16-15(20-17-14)12-6-4-5-7-12/h1-3,8-9,12H,4-7,10-11H2. The van der Waals surface area contributed by atoms with E-state index in [4.69, 9.17) is 4.52 Å². The fraction of sp³-hybridized carbons (Fsp3) is 0.467. The van der Waals surface area contributed by atoms with Crippen molar-refractivity contribution in [1.29, 1.82) is 0 Å². The van der Waals surface area contributed by atoms with Gasteiger partial charge in [-0.05, 0) is 25.0 Å². The van der Waals surface area contributed by atoms with E-state index in [1.165, 1.54) is 12.8 Å². The first-order valence-corrected chi connectivity index (χ1v) is 8.91. The lowest BCUT2D eigenvalue weighted by Gasteiger charge is -2.02. The highest BCUT2D eigenvalue weighted by molar-refractivity contribution is 7.91. The summed E-state index contributed by atoms with van der Waals surface area (Å²) in [4.78, 5) is 4.68. The van der Waals surface area contributed by atoms with E-state index >= 15 is 0 Å². The summed E-state index contributed by atoms with van der Waals surface area (Å²) in [5.41, 5.74) is 0. The van der Waals surface area contributed by atoms with Gasteiger partial charge in [-0.2, -0.15) is 4.98 Å². The van der Waals surface area contributed by atoms with Crippen LogP contribution in [0, 0.1) is 0 Å². The van der Waals surface area contributed by atoms with E-state index in [1.807, 2.05) is 0 Å². The zero-order valence-corrected chi connectivity index (χ0v) is 12.6. The van der Waals surface area contributed by atoms with Crippen molar-refractivity contribution < 1.29 is 12.9 Å². The molecule has 3 rings (SSSR count). The molecule has 21 heavy (non-hydrogen) atoms. The molecule has 0 N–H and O–H groups in total. The molecule has 0 spiro atoms. The number of hydrogen-bond donors (Lipinski definition) is 0. The summed E-state index contributed by atoms with van der Waals surface area (Å²) in [7, 11) is -3.29. The molecule has 112 valence electrons. The maximum Gasteiger partial charge on any atom is 0.229 e. The van der Waals surface area contributed by atoms with Gasteiger partial charge in [-0.3, -0.25) is 0 Å². The molecule has 0 radical (unpaired) electrons. The van der Waals surface area contributed by atoms with Gasteiger partial charge >= 0.3 is 0 Å². The van der Waals surface area contributed by atoms with Crippen LogP contribution in [0.3, 0.4) is 0 Å². The second-order valence-electron chi connectivity index (χ2n) is 5.41. The predicted octanol–water partition coefficient (Wildman–Crippen LogP) is 2.74. The molecule has 1 aliphatic rings. The number of rotatable bonds is 5. The second-order valence-corrected chi connectivity index (χ2v) is 7.52. The molecule has 5 nitrogen and oxygen atoms in total. The summed E-state index contributed by atoms with van der Waals surface area (Å²) in [6.45, 7) is 0. The van der Waals surface area contributed by atoms with E-state index in [2.05, 4.69) is 10.1 Å². The van der Waals surface area contributed by atoms with Gasteiger partial charge in [-0.15, -0.1) is 0 Å². The highest BCUT2D eigenvalue weighted by atomic mass is 32.2. The molecule has 0 aliphatic heterocycles. The second kappa shape index (κ2) is 5.97. The Morgan fingerprint density at radius 2 is 1.86 bits per heavy atom. The third-order valence-electron chi connectivity index (χ3n) is 3.88. The van der Waals surface area contributed by atoms with Crippen LogP contribution in [0.1, 0.15) is 43.3 Å². The van der Waals surface area contributed by atoms with Gasteiger partial charge < -0.3 is 4.52 Å². The van der Waals surface area contributed by atoms with Crippen LogP contribution in [0.2, 0.25) is 0 Å².